The Morgan fingerprint density at radius 2 is 1.45 bits per heavy atom. The van der Waals surface area contributed by atoms with Crippen LogP contribution in [-0.2, 0) is 14.4 Å². The normalized spacial score (nSPS) is 8.00. The molecule has 0 rings (SSSR count). The molecule has 6 heteroatoms. The number of carboxylic acid groups (broad SMARTS) is 2. The van der Waals surface area contributed by atoms with Gasteiger partial charge in [0.15, 0.2) is 0 Å². The van der Waals surface area contributed by atoms with E-state index in [0.717, 1.165) is 0 Å². The molecular formula is C5H6NaO5+. The van der Waals surface area contributed by atoms with Gasteiger partial charge in [-0.3, -0.25) is 9.59 Å². The predicted molar refractivity (Wildman–Crippen MR) is 29.5 cm³/mol. The summed E-state index contributed by atoms with van der Waals surface area (Å²) in [5, 5.41) is 16.0. The first kappa shape index (κ1) is 13.2. The van der Waals surface area contributed by atoms with E-state index in [4.69, 9.17) is 10.2 Å². The SMILES string of the molecule is O=C(O)CCC(=O)C(=O)O.[Na+]. The van der Waals surface area contributed by atoms with Crippen molar-refractivity contribution in [1.82, 2.24) is 0 Å². The van der Waals surface area contributed by atoms with E-state index in [1.165, 1.54) is 0 Å². The van der Waals surface area contributed by atoms with Crippen LogP contribution in [0.3, 0.4) is 0 Å². The smallest absolute Gasteiger partial charge is 0.481 e. The standard InChI is InChI=1S/C5H6O5.Na/c6-3(5(9)10)1-2-4(7)8;/h1-2H2,(H,7,8)(H,9,10);/q;+1. The van der Waals surface area contributed by atoms with E-state index in [1.807, 2.05) is 0 Å². The van der Waals surface area contributed by atoms with E-state index >= 15 is 0 Å². The molecule has 56 valence electrons. The van der Waals surface area contributed by atoms with Gasteiger partial charge in [0, 0.05) is 6.42 Å². The van der Waals surface area contributed by atoms with Crippen molar-refractivity contribution >= 4 is 17.7 Å². The molecule has 0 amide bonds. The quantitative estimate of drug-likeness (QED) is 0.336. The van der Waals surface area contributed by atoms with Gasteiger partial charge in [-0.1, -0.05) is 0 Å². The molecule has 0 saturated heterocycles. The van der Waals surface area contributed by atoms with Crippen molar-refractivity contribution in [3.05, 3.63) is 0 Å². The summed E-state index contributed by atoms with van der Waals surface area (Å²) in [5.74, 6) is -3.82. The van der Waals surface area contributed by atoms with Gasteiger partial charge in [-0.25, -0.2) is 4.79 Å². The van der Waals surface area contributed by atoms with E-state index in [2.05, 4.69) is 0 Å². The Balaban J connectivity index is 0. The van der Waals surface area contributed by atoms with Gasteiger partial charge in [0.1, 0.15) is 0 Å². The monoisotopic (exact) mass is 169 g/mol. The van der Waals surface area contributed by atoms with Crippen LogP contribution in [0.15, 0.2) is 0 Å². The first-order chi connectivity index (χ1) is 4.54. The average molecular weight is 169 g/mol. The zero-order valence-corrected chi connectivity index (χ0v) is 8.03. The van der Waals surface area contributed by atoms with Gasteiger partial charge in [-0.2, -0.15) is 0 Å². The third kappa shape index (κ3) is 7.51. The second-order valence-corrected chi connectivity index (χ2v) is 1.62. The van der Waals surface area contributed by atoms with Crippen molar-refractivity contribution in [2.75, 3.05) is 0 Å². The molecule has 11 heavy (non-hydrogen) atoms. The van der Waals surface area contributed by atoms with Crippen molar-refractivity contribution < 1.29 is 54.2 Å². The Labute approximate surface area is 84.7 Å². The van der Waals surface area contributed by atoms with E-state index in [-0.39, 0.29) is 29.6 Å². The van der Waals surface area contributed by atoms with Gasteiger partial charge in [0.25, 0.3) is 0 Å². The molecule has 0 aliphatic rings. The number of ketones is 1. The summed E-state index contributed by atoms with van der Waals surface area (Å²) in [7, 11) is 0. The molecule has 0 heterocycles. The number of aliphatic carboxylic acids is 2. The van der Waals surface area contributed by atoms with Gasteiger partial charge >= 0.3 is 41.5 Å². The van der Waals surface area contributed by atoms with Crippen LogP contribution < -0.4 is 29.6 Å². The number of carboxylic acids is 2. The van der Waals surface area contributed by atoms with Gasteiger partial charge in [-0.15, -0.1) is 0 Å². The minimum absolute atomic E-state index is 0. The van der Waals surface area contributed by atoms with Crippen molar-refractivity contribution in [3.63, 3.8) is 0 Å². The third-order valence-electron chi connectivity index (χ3n) is 0.804. The molecule has 0 aliphatic carbocycles. The van der Waals surface area contributed by atoms with Gasteiger partial charge in [0.05, 0.1) is 6.42 Å². The van der Waals surface area contributed by atoms with Crippen molar-refractivity contribution in [3.8, 4) is 0 Å². The molecule has 0 aromatic carbocycles. The second kappa shape index (κ2) is 6.33. The van der Waals surface area contributed by atoms with Crippen LogP contribution in [0.1, 0.15) is 12.8 Å². The van der Waals surface area contributed by atoms with Crippen LogP contribution in [0, 0.1) is 0 Å². The molecule has 2 N–H and O–H groups in total. The minimum Gasteiger partial charge on any atom is -0.481 e. The summed E-state index contributed by atoms with van der Waals surface area (Å²) in [5.41, 5.74) is 0. The Bertz CT molecular complexity index is 176. The first-order valence-corrected chi connectivity index (χ1v) is 2.52. The molecule has 0 aromatic heterocycles. The Kier molecular flexibility index (Phi) is 7.60. The number of rotatable bonds is 4. The first-order valence-electron chi connectivity index (χ1n) is 2.52. The number of hydrogen-bond donors (Lipinski definition) is 2. The maximum atomic E-state index is 10.2. The summed E-state index contributed by atoms with van der Waals surface area (Å²) in [4.78, 5) is 29.7. The van der Waals surface area contributed by atoms with Crippen LogP contribution in [0.4, 0.5) is 0 Å². The fraction of sp³-hybridized carbons (Fsp3) is 0.400. The maximum absolute atomic E-state index is 10.2. The molecule has 0 atom stereocenters. The number of Topliss-reactive ketones (excluding diaryl/α,β-unsaturated/α-hetero) is 1. The van der Waals surface area contributed by atoms with Crippen molar-refractivity contribution in [2.45, 2.75) is 12.8 Å². The molecule has 0 radical (unpaired) electrons. The van der Waals surface area contributed by atoms with Crippen LogP contribution >= 0.6 is 0 Å². The summed E-state index contributed by atoms with van der Waals surface area (Å²) in [6.45, 7) is 0. The number of hydrogen-bond acceptors (Lipinski definition) is 3. The van der Waals surface area contributed by atoms with Crippen LogP contribution in [0.25, 0.3) is 0 Å². The second-order valence-electron chi connectivity index (χ2n) is 1.62. The third-order valence-corrected chi connectivity index (χ3v) is 0.804. The zero-order valence-electron chi connectivity index (χ0n) is 6.03. The number of carbonyl (C=O) groups excluding carboxylic acids is 1. The van der Waals surface area contributed by atoms with Crippen LogP contribution in [-0.4, -0.2) is 27.9 Å². The summed E-state index contributed by atoms with van der Waals surface area (Å²) >= 11 is 0. The topological polar surface area (TPSA) is 91.7 Å². The fourth-order valence-electron chi connectivity index (χ4n) is 0.327. The Morgan fingerprint density at radius 3 is 1.73 bits per heavy atom. The number of carbonyl (C=O) groups is 3. The van der Waals surface area contributed by atoms with Crippen molar-refractivity contribution in [2.24, 2.45) is 0 Å². The van der Waals surface area contributed by atoms with E-state index in [0.29, 0.717) is 0 Å². The molecule has 0 unspecified atom stereocenters. The Hall–Kier alpha value is -0.390. The van der Waals surface area contributed by atoms with Crippen molar-refractivity contribution in [1.29, 1.82) is 0 Å². The maximum Gasteiger partial charge on any atom is 1.00 e. The molecule has 0 bridgehead atoms. The molecule has 0 aromatic rings. The van der Waals surface area contributed by atoms with Crippen LogP contribution in [0.2, 0.25) is 0 Å². The van der Waals surface area contributed by atoms with E-state index in [1.54, 1.807) is 0 Å². The van der Waals surface area contributed by atoms with Crippen LogP contribution in [0.5, 0.6) is 0 Å². The fourth-order valence-corrected chi connectivity index (χ4v) is 0.327. The zero-order chi connectivity index (χ0) is 8.15. The summed E-state index contributed by atoms with van der Waals surface area (Å²) in [6.07, 6.45) is -0.865. The molecule has 0 saturated carbocycles. The molecular weight excluding hydrogens is 163 g/mol. The molecule has 0 fully saturated rings. The molecule has 5 nitrogen and oxygen atoms in total. The van der Waals surface area contributed by atoms with Gasteiger partial charge in [-0.05, 0) is 0 Å². The summed E-state index contributed by atoms with van der Waals surface area (Å²) < 4.78 is 0. The van der Waals surface area contributed by atoms with E-state index < -0.39 is 30.6 Å². The van der Waals surface area contributed by atoms with Gasteiger partial charge in [0.2, 0.25) is 5.78 Å². The van der Waals surface area contributed by atoms with Gasteiger partial charge < -0.3 is 10.2 Å². The summed E-state index contributed by atoms with van der Waals surface area (Å²) in [6, 6.07) is 0. The molecule has 0 spiro atoms. The Morgan fingerprint density at radius 1 is 1.00 bits per heavy atom. The average Bonchev–Trinajstić information content (AvgIpc) is 1.82. The van der Waals surface area contributed by atoms with E-state index in [9.17, 15) is 14.4 Å². The molecule has 0 aliphatic heterocycles. The largest absolute Gasteiger partial charge is 1.00 e. The minimum atomic E-state index is -1.58. The predicted octanol–water partition coefficient (Wildman–Crippen LogP) is -3.49.